The van der Waals surface area contributed by atoms with Crippen LogP contribution in [0.5, 0.6) is 0 Å². The zero-order valence-corrected chi connectivity index (χ0v) is 8.04. The van der Waals surface area contributed by atoms with Gasteiger partial charge in [0.05, 0.1) is 0 Å². The summed E-state index contributed by atoms with van der Waals surface area (Å²) in [5, 5.41) is 17.0. The molecule has 7 nitrogen and oxygen atoms in total. The number of aromatic nitrogens is 3. The second kappa shape index (κ2) is 3.89. The van der Waals surface area contributed by atoms with Gasteiger partial charge in [-0.15, -0.1) is 0 Å². The van der Waals surface area contributed by atoms with E-state index in [4.69, 9.17) is 5.26 Å². The molecule has 1 rings (SSSR count). The van der Waals surface area contributed by atoms with Gasteiger partial charge in [0.25, 0.3) is 0 Å². The molecule has 0 aliphatic heterocycles. The van der Waals surface area contributed by atoms with Crippen molar-refractivity contribution in [2.75, 3.05) is 11.6 Å². The minimum Gasteiger partial charge on any atom is -0.329 e. The van der Waals surface area contributed by atoms with Crippen LogP contribution in [0.3, 0.4) is 0 Å². The number of hydrogen-bond acceptors (Lipinski definition) is 6. The van der Waals surface area contributed by atoms with Crippen LogP contribution in [0.25, 0.3) is 0 Å². The summed E-state index contributed by atoms with van der Waals surface area (Å²) in [7, 11) is -3.49. The number of allylic oxidation sites excluding steroid dienone is 1. The minimum atomic E-state index is -3.49. The summed E-state index contributed by atoms with van der Waals surface area (Å²) in [5.74, 6) is 0.265. The van der Waals surface area contributed by atoms with Crippen LogP contribution in [-0.2, 0) is 9.84 Å². The molecule has 0 aliphatic rings. The summed E-state index contributed by atoms with van der Waals surface area (Å²) in [5.41, 5.74) is 0. The van der Waals surface area contributed by atoms with Gasteiger partial charge in [-0.3, -0.25) is 0 Å². The van der Waals surface area contributed by atoms with Crippen LogP contribution < -0.4 is 5.32 Å². The van der Waals surface area contributed by atoms with Crippen LogP contribution in [0.1, 0.15) is 0 Å². The Kier molecular flexibility index (Phi) is 2.83. The van der Waals surface area contributed by atoms with E-state index in [2.05, 4.69) is 20.5 Å². The van der Waals surface area contributed by atoms with Crippen molar-refractivity contribution in [2.24, 2.45) is 0 Å². The van der Waals surface area contributed by atoms with E-state index >= 15 is 0 Å². The molecule has 0 aromatic carbocycles. The number of aromatic amines is 1. The molecule has 0 radical (unpaired) electrons. The second-order valence-electron chi connectivity index (χ2n) is 2.37. The Hall–Kier alpha value is -1.88. The quantitative estimate of drug-likeness (QED) is 0.662. The molecule has 0 unspecified atom stereocenters. The van der Waals surface area contributed by atoms with E-state index in [0.29, 0.717) is 0 Å². The minimum absolute atomic E-state index is 0.265. The zero-order valence-electron chi connectivity index (χ0n) is 7.22. The highest BCUT2D eigenvalue weighted by molar-refractivity contribution is 7.94. The van der Waals surface area contributed by atoms with E-state index in [9.17, 15) is 8.42 Å². The average molecular weight is 213 g/mol. The van der Waals surface area contributed by atoms with Crippen LogP contribution in [-0.4, -0.2) is 29.9 Å². The van der Waals surface area contributed by atoms with Crippen molar-refractivity contribution in [3.8, 4) is 6.07 Å². The van der Waals surface area contributed by atoms with Gasteiger partial charge in [0.1, 0.15) is 12.4 Å². The number of rotatable bonds is 3. The van der Waals surface area contributed by atoms with E-state index in [1.165, 1.54) is 6.33 Å². The maximum Gasteiger partial charge on any atom is 0.222 e. The predicted octanol–water partition coefficient (Wildman–Crippen LogP) is -0.374. The van der Waals surface area contributed by atoms with Gasteiger partial charge in [-0.1, -0.05) is 0 Å². The first-order valence-electron chi connectivity index (χ1n) is 3.46. The highest BCUT2D eigenvalue weighted by Crippen LogP contribution is 2.03. The first-order chi connectivity index (χ1) is 6.54. The first kappa shape index (κ1) is 10.2. The van der Waals surface area contributed by atoms with E-state index < -0.39 is 9.84 Å². The maximum atomic E-state index is 10.9. The topological polar surface area (TPSA) is 112 Å². The van der Waals surface area contributed by atoms with E-state index in [1.54, 1.807) is 6.07 Å². The third-order valence-corrected chi connectivity index (χ3v) is 2.27. The number of sulfone groups is 1. The lowest BCUT2D eigenvalue weighted by atomic mass is 10.6. The monoisotopic (exact) mass is 213 g/mol. The summed E-state index contributed by atoms with van der Waals surface area (Å²) in [6, 6.07) is 1.55. The van der Waals surface area contributed by atoms with Gasteiger partial charge in [0.2, 0.25) is 5.95 Å². The molecule has 0 amide bonds. The van der Waals surface area contributed by atoms with Crippen LogP contribution in [0.2, 0.25) is 0 Å². The van der Waals surface area contributed by atoms with Crippen molar-refractivity contribution in [3.63, 3.8) is 0 Å². The SMILES string of the molecule is CS(=O)(=O)C(C#N)=CNc1ncn[nH]1. The van der Waals surface area contributed by atoms with Gasteiger partial charge in [-0.25, -0.2) is 13.5 Å². The molecule has 14 heavy (non-hydrogen) atoms. The van der Waals surface area contributed by atoms with E-state index in [0.717, 1.165) is 12.5 Å². The largest absolute Gasteiger partial charge is 0.329 e. The lowest BCUT2D eigenvalue weighted by Crippen LogP contribution is -2.02. The number of hydrogen-bond donors (Lipinski definition) is 2. The summed E-state index contributed by atoms with van der Waals surface area (Å²) in [4.78, 5) is 3.31. The molecule has 1 heterocycles. The Balaban J connectivity index is 2.84. The Morgan fingerprint density at radius 3 is 2.93 bits per heavy atom. The third kappa shape index (κ3) is 2.56. The van der Waals surface area contributed by atoms with Crippen molar-refractivity contribution in [3.05, 3.63) is 17.4 Å². The lowest BCUT2D eigenvalue weighted by molar-refractivity contribution is 0.608. The molecule has 0 saturated heterocycles. The molecule has 0 bridgehead atoms. The molecule has 0 spiro atoms. The van der Waals surface area contributed by atoms with Gasteiger partial charge >= 0.3 is 0 Å². The Morgan fingerprint density at radius 2 is 2.50 bits per heavy atom. The first-order valence-corrected chi connectivity index (χ1v) is 5.35. The summed E-state index contributed by atoms with van der Waals surface area (Å²) >= 11 is 0. The van der Waals surface area contributed by atoms with Gasteiger partial charge in [0.15, 0.2) is 14.7 Å². The number of nitrogens with one attached hydrogen (secondary N) is 2. The van der Waals surface area contributed by atoms with Crippen LogP contribution in [0, 0.1) is 11.3 Å². The molecule has 8 heteroatoms. The highest BCUT2D eigenvalue weighted by atomic mass is 32.2. The fraction of sp³-hybridized carbons (Fsp3) is 0.167. The Labute approximate surface area is 80.4 Å². The van der Waals surface area contributed by atoms with Gasteiger partial charge < -0.3 is 5.32 Å². The fourth-order valence-corrected chi connectivity index (χ4v) is 1.07. The molecule has 2 N–H and O–H groups in total. The third-order valence-electron chi connectivity index (χ3n) is 1.26. The number of nitrogens with zero attached hydrogens (tertiary/aromatic N) is 3. The molecule has 0 atom stereocenters. The Morgan fingerprint density at radius 1 is 1.79 bits per heavy atom. The van der Waals surface area contributed by atoms with E-state index in [1.807, 2.05) is 0 Å². The average Bonchev–Trinajstić information content (AvgIpc) is 2.55. The van der Waals surface area contributed by atoms with Crippen LogP contribution in [0.4, 0.5) is 5.95 Å². The van der Waals surface area contributed by atoms with Gasteiger partial charge in [-0.05, 0) is 0 Å². The van der Waals surface area contributed by atoms with Crippen molar-refractivity contribution < 1.29 is 8.42 Å². The normalized spacial score (nSPS) is 12.1. The fourth-order valence-electron chi connectivity index (χ4n) is 0.631. The summed E-state index contributed by atoms with van der Waals surface area (Å²) < 4.78 is 21.9. The number of H-pyrrole nitrogens is 1. The van der Waals surface area contributed by atoms with E-state index in [-0.39, 0.29) is 10.9 Å². The predicted molar refractivity (Wildman–Crippen MR) is 48.5 cm³/mol. The molecule has 0 fully saturated rings. The number of anilines is 1. The van der Waals surface area contributed by atoms with Crippen LogP contribution >= 0.6 is 0 Å². The molecular formula is C6H7N5O2S. The summed E-state index contributed by atoms with van der Waals surface area (Å²) in [6.07, 6.45) is 3.25. The zero-order chi connectivity index (χ0) is 10.6. The standard InChI is InChI=1S/C6H7N5O2S/c1-14(12,13)5(2-7)3-8-6-9-4-10-11-6/h3-4H,1H3,(H2,8,9,10,11). The van der Waals surface area contributed by atoms with Crippen molar-refractivity contribution in [1.29, 1.82) is 5.26 Å². The lowest BCUT2D eigenvalue weighted by Gasteiger charge is -1.95. The molecule has 1 aromatic heterocycles. The highest BCUT2D eigenvalue weighted by Gasteiger charge is 2.09. The van der Waals surface area contributed by atoms with Crippen molar-refractivity contribution in [1.82, 2.24) is 15.2 Å². The maximum absolute atomic E-state index is 10.9. The molecule has 0 saturated carbocycles. The molecule has 0 aliphatic carbocycles. The molecule has 74 valence electrons. The van der Waals surface area contributed by atoms with Crippen LogP contribution in [0.15, 0.2) is 17.4 Å². The second-order valence-corrected chi connectivity index (χ2v) is 4.36. The van der Waals surface area contributed by atoms with Crippen molar-refractivity contribution in [2.45, 2.75) is 0 Å². The molecule has 1 aromatic rings. The van der Waals surface area contributed by atoms with Gasteiger partial charge in [0, 0.05) is 12.5 Å². The van der Waals surface area contributed by atoms with Crippen molar-refractivity contribution >= 4 is 15.8 Å². The van der Waals surface area contributed by atoms with Gasteiger partial charge in [-0.2, -0.15) is 15.3 Å². The number of nitriles is 1. The summed E-state index contributed by atoms with van der Waals surface area (Å²) in [6.45, 7) is 0. The smallest absolute Gasteiger partial charge is 0.222 e. The molecular weight excluding hydrogens is 206 g/mol. The Bertz CT molecular complexity index is 467.